The fourth-order valence-electron chi connectivity index (χ4n) is 3.22. The van der Waals surface area contributed by atoms with Crippen LogP contribution in [0.1, 0.15) is 30.1 Å². The fourth-order valence-corrected chi connectivity index (χ4v) is 3.22. The summed E-state index contributed by atoms with van der Waals surface area (Å²) in [6.07, 6.45) is 5.67. The van der Waals surface area contributed by atoms with E-state index >= 15 is 0 Å². The summed E-state index contributed by atoms with van der Waals surface area (Å²) in [5, 5.41) is 14.6. The maximum Gasteiger partial charge on any atom is 0.123 e. The minimum atomic E-state index is -0.555. The molecule has 0 unspecified atom stereocenters. The number of hydrogen-bond acceptors (Lipinski definition) is 3. The maximum atomic E-state index is 12.9. The van der Waals surface area contributed by atoms with E-state index in [1.165, 1.54) is 17.7 Å². The van der Waals surface area contributed by atoms with E-state index in [2.05, 4.69) is 23.1 Å². The van der Waals surface area contributed by atoms with Gasteiger partial charge in [0.05, 0.1) is 12.3 Å². The van der Waals surface area contributed by atoms with Crippen molar-refractivity contribution in [1.82, 2.24) is 14.7 Å². The molecular formula is C18H24FN3O. The van der Waals surface area contributed by atoms with Crippen LogP contribution >= 0.6 is 0 Å². The average molecular weight is 317 g/mol. The van der Waals surface area contributed by atoms with Crippen molar-refractivity contribution in [3.8, 4) is 0 Å². The van der Waals surface area contributed by atoms with Crippen molar-refractivity contribution in [2.24, 2.45) is 5.92 Å². The van der Waals surface area contributed by atoms with E-state index in [4.69, 9.17) is 0 Å². The molecule has 124 valence electrons. The van der Waals surface area contributed by atoms with Gasteiger partial charge in [0.25, 0.3) is 0 Å². The largest absolute Gasteiger partial charge is 0.387 e. The van der Waals surface area contributed by atoms with Crippen LogP contribution < -0.4 is 0 Å². The SMILES string of the molecule is Cc1cnn(CC2CCN(C[C@H](O)c3ccc(F)cc3)CC2)c1. The van der Waals surface area contributed by atoms with Crippen LogP contribution in [0.25, 0.3) is 0 Å². The van der Waals surface area contributed by atoms with Crippen LogP contribution in [0.5, 0.6) is 0 Å². The van der Waals surface area contributed by atoms with Crippen molar-refractivity contribution < 1.29 is 9.50 Å². The Morgan fingerprint density at radius 2 is 1.96 bits per heavy atom. The minimum absolute atomic E-state index is 0.268. The van der Waals surface area contributed by atoms with E-state index < -0.39 is 6.10 Å². The normalized spacial score (nSPS) is 18.2. The predicted molar refractivity (Wildman–Crippen MR) is 87.5 cm³/mol. The Morgan fingerprint density at radius 3 is 2.57 bits per heavy atom. The molecule has 0 amide bonds. The van der Waals surface area contributed by atoms with Gasteiger partial charge in [0.1, 0.15) is 5.82 Å². The molecule has 1 aromatic carbocycles. The molecule has 2 heterocycles. The van der Waals surface area contributed by atoms with Crippen LogP contribution in [0.3, 0.4) is 0 Å². The van der Waals surface area contributed by atoms with E-state index in [-0.39, 0.29) is 5.82 Å². The lowest BCUT2D eigenvalue weighted by Gasteiger charge is -2.33. The Bertz CT molecular complexity index is 617. The van der Waals surface area contributed by atoms with Crippen molar-refractivity contribution >= 4 is 0 Å². The molecule has 0 saturated carbocycles. The number of hydrogen-bond donors (Lipinski definition) is 1. The molecular weight excluding hydrogens is 293 g/mol. The molecule has 23 heavy (non-hydrogen) atoms. The third kappa shape index (κ3) is 4.39. The number of aryl methyl sites for hydroxylation is 1. The van der Waals surface area contributed by atoms with Crippen molar-refractivity contribution in [3.05, 3.63) is 53.6 Å². The summed E-state index contributed by atoms with van der Waals surface area (Å²) >= 11 is 0. The molecule has 1 saturated heterocycles. The fraction of sp³-hybridized carbons (Fsp3) is 0.500. The number of likely N-dealkylation sites (tertiary alicyclic amines) is 1. The topological polar surface area (TPSA) is 41.3 Å². The molecule has 1 aliphatic heterocycles. The second kappa shape index (κ2) is 7.23. The maximum absolute atomic E-state index is 12.9. The zero-order chi connectivity index (χ0) is 16.2. The summed E-state index contributed by atoms with van der Waals surface area (Å²) in [5.74, 6) is 0.379. The molecule has 1 fully saturated rings. The molecule has 1 aliphatic rings. The van der Waals surface area contributed by atoms with Gasteiger partial charge in [-0.3, -0.25) is 4.68 Å². The van der Waals surface area contributed by atoms with Gasteiger partial charge in [-0.1, -0.05) is 12.1 Å². The Kier molecular flexibility index (Phi) is 5.08. The van der Waals surface area contributed by atoms with E-state index in [9.17, 15) is 9.50 Å². The molecule has 0 spiro atoms. The van der Waals surface area contributed by atoms with Crippen molar-refractivity contribution in [2.75, 3.05) is 19.6 Å². The molecule has 1 aromatic heterocycles. The van der Waals surface area contributed by atoms with E-state index in [1.807, 2.05) is 10.9 Å². The number of aliphatic hydroxyl groups is 1. The molecule has 5 heteroatoms. The summed E-state index contributed by atoms with van der Waals surface area (Å²) in [4.78, 5) is 2.29. The third-order valence-electron chi connectivity index (χ3n) is 4.60. The summed E-state index contributed by atoms with van der Waals surface area (Å²) in [6, 6.07) is 6.12. The van der Waals surface area contributed by atoms with Crippen molar-refractivity contribution in [1.29, 1.82) is 0 Å². The van der Waals surface area contributed by atoms with Crippen molar-refractivity contribution in [3.63, 3.8) is 0 Å². The smallest absolute Gasteiger partial charge is 0.123 e. The van der Waals surface area contributed by atoms with Crippen LogP contribution in [0.15, 0.2) is 36.7 Å². The number of piperidine rings is 1. The van der Waals surface area contributed by atoms with Gasteiger partial charge in [-0.25, -0.2) is 4.39 Å². The average Bonchev–Trinajstić information content (AvgIpc) is 2.95. The molecule has 0 aliphatic carbocycles. The number of aliphatic hydroxyl groups excluding tert-OH is 1. The first-order valence-corrected chi connectivity index (χ1v) is 8.25. The Hall–Kier alpha value is -1.72. The molecule has 1 N–H and O–H groups in total. The molecule has 0 radical (unpaired) electrons. The van der Waals surface area contributed by atoms with Crippen LogP contribution in [-0.2, 0) is 6.54 Å². The van der Waals surface area contributed by atoms with Gasteiger partial charge in [0.15, 0.2) is 0 Å². The summed E-state index contributed by atoms with van der Waals surface area (Å²) < 4.78 is 15.0. The third-order valence-corrected chi connectivity index (χ3v) is 4.60. The van der Waals surface area contributed by atoms with Gasteiger partial charge < -0.3 is 10.0 Å². The number of halogens is 1. The number of β-amino-alcohol motifs (C(OH)–C–C–N with tert-alkyl or cyclic N) is 1. The highest BCUT2D eigenvalue weighted by Crippen LogP contribution is 2.22. The second-order valence-electron chi connectivity index (χ2n) is 6.55. The lowest BCUT2D eigenvalue weighted by Crippen LogP contribution is -2.37. The lowest BCUT2D eigenvalue weighted by atomic mass is 9.96. The summed E-state index contributed by atoms with van der Waals surface area (Å²) in [5.41, 5.74) is 1.98. The number of benzene rings is 1. The summed E-state index contributed by atoms with van der Waals surface area (Å²) in [6.45, 7) is 5.62. The van der Waals surface area contributed by atoms with Gasteiger partial charge in [0.2, 0.25) is 0 Å². The Labute approximate surface area is 136 Å². The predicted octanol–water partition coefficient (Wildman–Crippen LogP) is 2.78. The van der Waals surface area contributed by atoms with Crippen LogP contribution in [0.4, 0.5) is 4.39 Å². The molecule has 4 nitrogen and oxygen atoms in total. The monoisotopic (exact) mass is 317 g/mol. The lowest BCUT2D eigenvalue weighted by molar-refractivity contribution is 0.0860. The molecule has 0 bridgehead atoms. The highest BCUT2D eigenvalue weighted by atomic mass is 19.1. The number of nitrogens with zero attached hydrogens (tertiary/aromatic N) is 3. The standard InChI is InChI=1S/C18H24FN3O/c1-14-10-20-22(11-14)12-15-6-8-21(9-7-15)13-18(23)16-2-4-17(19)5-3-16/h2-5,10-11,15,18,23H,6-9,12-13H2,1H3/t18-/m0/s1. The zero-order valence-electron chi connectivity index (χ0n) is 13.5. The minimum Gasteiger partial charge on any atom is -0.387 e. The van der Waals surface area contributed by atoms with E-state index in [0.717, 1.165) is 38.0 Å². The van der Waals surface area contributed by atoms with E-state index in [1.54, 1.807) is 12.1 Å². The molecule has 1 atom stereocenters. The first-order chi connectivity index (χ1) is 11.1. The van der Waals surface area contributed by atoms with Gasteiger partial charge in [-0.05, 0) is 62.0 Å². The first-order valence-electron chi connectivity index (χ1n) is 8.25. The van der Waals surface area contributed by atoms with Gasteiger partial charge in [-0.2, -0.15) is 5.10 Å². The highest BCUT2D eigenvalue weighted by molar-refractivity contribution is 5.18. The molecule has 2 aromatic rings. The van der Waals surface area contributed by atoms with Crippen LogP contribution in [-0.4, -0.2) is 39.4 Å². The summed E-state index contributed by atoms with van der Waals surface area (Å²) in [7, 11) is 0. The highest BCUT2D eigenvalue weighted by Gasteiger charge is 2.22. The van der Waals surface area contributed by atoms with Gasteiger partial charge >= 0.3 is 0 Å². The zero-order valence-corrected chi connectivity index (χ0v) is 13.5. The van der Waals surface area contributed by atoms with E-state index in [0.29, 0.717) is 12.5 Å². The first kappa shape index (κ1) is 16.1. The number of aromatic nitrogens is 2. The van der Waals surface area contributed by atoms with Gasteiger partial charge in [0, 0.05) is 19.3 Å². The van der Waals surface area contributed by atoms with Crippen LogP contribution in [0, 0.1) is 18.7 Å². The quantitative estimate of drug-likeness (QED) is 0.922. The molecule has 3 rings (SSSR count). The van der Waals surface area contributed by atoms with Gasteiger partial charge in [-0.15, -0.1) is 0 Å². The number of rotatable bonds is 5. The van der Waals surface area contributed by atoms with Crippen LogP contribution in [0.2, 0.25) is 0 Å². The van der Waals surface area contributed by atoms with Crippen molar-refractivity contribution in [2.45, 2.75) is 32.4 Å². The Morgan fingerprint density at radius 1 is 1.26 bits per heavy atom. The second-order valence-corrected chi connectivity index (χ2v) is 6.55. The Balaban J connectivity index is 1.46.